The van der Waals surface area contributed by atoms with Crippen molar-refractivity contribution in [3.63, 3.8) is 0 Å². The van der Waals surface area contributed by atoms with Crippen molar-refractivity contribution in [2.24, 2.45) is 0 Å². The number of carbonyl (C=O) groups is 2. The van der Waals surface area contributed by atoms with Gasteiger partial charge < -0.3 is 14.4 Å². The average molecular weight is 578 g/mol. The fraction of sp³-hybridized carbons (Fsp3) is 0.367. The summed E-state index contributed by atoms with van der Waals surface area (Å²) in [6, 6.07) is 10.2. The van der Waals surface area contributed by atoms with Crippen LogP contribution < -0.4 is 5.69 Å². The molecule has 3 atom stereocenters. The molecule has 4 aromatic rings. The number of H-pyrrole nitrogens is 1. The van der Waals surface area contributed by atoms with Crippen LogP contribution in [-0.2, 0) is 14.3 Å². The Bertz CT molecular complexity index is 1680. The number of aromatic nitrogens is 4. The van der Waals surface area contributed by atoms with Crippen molar-refractivity contribution in [3.05, 3.63) is 93.8 Å². The number of esters is 1. The third-order valence-electron chi connectivity index (χ3n) is 8.02. The van der Waals surface area contributed by atoms with Crippen LogP contribution in [0.4, 0.5) is 13.6 Å². The average Bonchev–Trinajstić information content (AvgIpc) is 3.23. The Morgan fingerprint density at radius 2 is 1.67 bits per heavy atom. The monoisotopic (exact) mass is 577 g/mol. The number of nitrogens with zero attached hydrogens (tertiary/aromatic N) is 4. The second-order valence-corrected chi connectivity index (χ2v) is 10.7. The second kappa shape index (κ2) is 11.3. The molecule has 1 saturated heterocycles. The number of pyridine rings is 2. The molecule has 10 nitrogen and oxygen atoms in total. The standard InChI is InChI=1S/C30H29F2N5O5/c1-17(38)41-27-22(18-14-19(31)16-20(32)15-18)6-7-25(26-23(27)4-2-10-33-26)42-30(40)36-12-8-21(9-13-36)37-24-5-3-11-34-28(24)35-29(37)39/h2-5,10-11,14-16,21-22,25,27H,6-9,12-13H2,1H3,(H,34,35,39). The van der Waals surface area contributed by atoms with Gasteiger partial charge in [-0.2, -0.15) is 0 Å². The van der Waals surface area contributed by atoms with Crippen LogP contribution in [0.3, 0.4) is 0 Å². The largest absolute Gasteiger partial charge is 0.457 e. The molecule has 0 radical (unpaired) electrons. The van der Waals surface area contributed by atoms with Crippen LogP contribution in [0.2, 0.25) is 0 Å². The normalized spacial score (nSPS) is 21.0. The lowest BCUT2D eigenvalue weighted by molar-refractivity contribution is -0.148. The van der Waals surface area contributed by atoms with Gasteiger partial charge in [0, 0.05) is 56.0 Å². The number of fused-ring (bicyclic) bond motifs is 2. The van der Waals surface area contributed by atoms with Gasteiger partial charge >= 0.3 is 17.8 Å². The minimum Gasteiger partial charge on any atom is -0.457 e. The quantitative estimate of drug-likeness (QED) is 0.265. The van der Waals surface area contributed by atoms with E-state index in [0.29, 0.717) is 61.2 Å². The number of hydrogen-bond donors (Lipinski definition) is 1. The van der Waals surface area contributed by atoms with Gasteiger partial charge in [0.1, 0.15) is 23.8 Å². The molecular weight excluding hydrogens is 548 g/mol. The maximum Gasteiger partial charge on any atom is 0.410 e. The molecule has 3 unspecified atom stereocenters. The zero-order valence-corrected chi connectivity index (χ0v) is 22.8. The summed E-state index contributed by atoms with van der Waals surface area (Å²) < 4.78 is 41.7. The molecule has 2 aliphatic rings. The van der Waals surface area contributed by atoms with Crippen LogP contribution in [0, 0.1) is 11.6 Å². The Morgan fingerprint density at radius 3 is 2.40 bits per heavy atom. The number of nitrogens with one attached hydrogen (secondary N) is 1. The maximum absolute atomic E-state index is 14.2. The summed E-state index contributed by atoms with van der Waals surface area (Å²) in [5.74, 6) is -2.62. The first-order valence-corrected chi connectivity index (χ1v) is 13.9. The summed E-state index contributed by atoms with van der Waals surface area (Å²) in [5, 5.41) is 0. The number of halogens is 2. The highest BCUT2D eigenvalue weighted by atomic mass is 19.1. The van der Waals surface area contributed by atoms with Gasteiger partial charge in [0.2, 0.25) is 0 Å². The van der Waals surface area contributed by atoms with Crippen molar-refractivity contribution in [3.8, 4) is 0 Å². The smallest absolute Gasteiger partial charge is 0.410 e. The molecule has 1 amide bonds. The molecule has 0 bridgehead atoms. The Balaban J connectivity index is 1.21. The lowest BCUT2D eigenvalue weighted by Crippen LogP contribution is -2.41. The summed E-state index contributed by atoms with van der Waals surface area (Å²) in [4.78, 5) is 51.2. The fourth-order valence-electron chi connectivity index (χ4n) is 6.17. The first-order chi connectivity index (χ1) is 20.3. The number of ether oxygens (including phenoxy) is 2. The topological polar surface area (TPSA) is 119 Å². The molecule has 1 aliphatic heterocycles. The first kappa shape index (κ1) is 27.6. The van der Waals surface area contributed by atoms with Crippen molar-refractivity contribution in [1.29, 1.82) is 0 Å². The molecule has 1 aliphatic carbocycles. The Labute approximate surface area is 239 Å². The highest BCUT2D eigenvalue weighted by Gasteiger charge is 2.38. The predicted molar refractivity (Wildman–Crippen MR) is 146 cm³/mol. The van der Waals surface area contributed by atoms with Gasteiger partial charge in [-0.15, -0.1) is 0 Å². The van der Waals surface area contributed by atoms with E-state index in [4.69, 9.17) is 9.47 Å². The number of piperidine rings is 1. The minimum atomic E-state index is -0.879. The van der Waals surface area contributed by atoms with Crippen LogP contribution in [0.25, 0.3) is 11.2 Å². The van der Waals surface area contributed by atoms with Gasteiger partial charge in [0.25, 0.3) is 0 Å². The Kier molecular flexibility index (Phi) is 7.44. The number of carbonyl (C=O) groups excluding carboxylic acids is 2. The van der Waals surface area contributed by atoms with Gasteiger partial charge in [-0.3, -0.25) is 19.3 Å². The Morgan fingerprint density at radius 1 is 0.952 bits per heavy atom. The second-order valence-electron chi connectivity index (χ2n) is 10.7. The van der Waals surface area contributed by atoms with E-state index in [2.05, 4.69) is 15.0 Å². The molecule has 1 aromatic carbocycles. The SMILES string of the molecule is CC(=O)OC1c2cccnc2C(OC(=O)N2CCC(n3c(=O)[nH]c4ncccc43)CC2)CCC1c1cc(F)cc(F)c1. The molecule has 3 aromatic heterocycles. The zero-order valence-electron chi connectivity index (χ0n) is 22.8. The van der Waals surface area contributed by atoms with Gasteiger partial charge in [-0.05, 0) is 61.6 Å². The maximum atomic E-state index is 14.2. The van der Waals surface area contributed by atoms with Crippen LogP contribution in [0.5, 0.6) is 0 Å². The van der Waals surface area contributed by atoms with Crippen molar-refractivity contribution in [1.82, 2.24) is 24.4 Å². The molecule has 12 heteroatoms. The lowest BCUT2D eigenvalue weighted by Gasteiger charge is -2.33. The van der Waals surface area contributed by atoms with E-state index in [1.54, 1.807) is 40.1 Å². The summed E-state index contributed by atoms with van der Waals surface area (Å²) >= 11 is 0. The van der Waals surface area contributed by atoms with Crippen LogP contribution in [-0.4, -0.2) is 49.6 Å². The molecule has 6 rings (SSSR count). The number of likely N-dealkylation sites (tertiary alicyclic amines) is 1. The van der Waals surface area contributed by atoms with E-state index < -0.39 is 41.8 Å². The van der Waals surface area contributed by atoms with Crippen molar-refractivity contribution >= 4 is 23.2 Å². The van der Waals surface area contributed by atoms with Gasteiger partial charge in [-0.25, -0.2) is 23.4 Å². The summed E-state index contributed by atoms with van der Waals surface area (Å²) in [6.45, 7) is 2.03. The van der Waals surface area contributed by atoms with E-state index in [1.807, 2.05) is 6.07 Å². The Hall–Kier alpha value is -4.61. The van der Waals surface area contributed by atoms with E-state index in [9.17, 15) is 23.2 Å². The number of amides is 1. The van der Waals surface area contributed by atoms with Crippen LogP contribution >= 0.6 is 0 Å². The zero-order chi connectivity index (χ0) is 29.4. The number of benzene rings is 1. The van der Waals surface area contributed by atoms with E-state index >= 15 is 0 Å². The third-order valence-corrected chi connectivity index (χ3v) is 8.02. The van der Waals surface area contributed by atoms with Gasteiger partial charge in [0.15, 0.2) is 5.65 Å². The summed E-state index contributed by atoms with van der Waals surface area (Å²) in [6.07, 6.45) is 2.73. The first-order valence-electron chi connectivity index (χ1n) is 13.9. The minimum absolute atomic E-state index is 0.100. The molecule has 0 saturated carbocycles. The van der Waals surface area contributed by atoms with Crippen molar-refractivity contribution in [2.75, 3.05) is 13.1 Å². The third kappa shape index (κ3) is 5.36. The van der Waals surface area contributed by atoms with E-state index in [-0.39, 0.29) is 11.7 Å². The number of hydrogen-bond acceptors (Lipinski definition) is 7. The molecule has 1 N–H and O–H groups in total. The van der Waals surface area contributed by atoms with E-state index in [1.165, 1.54) is 19.1 Å². The van der Waals surface area contributed by atoms with Crippen molar-refractivity contribution in [2.45, 2.75) is 56.8 Å². The molecule has 4 heterocycles. The van der Waals surface area contributed by atoms with Gasteiger partial charge in [0.05, 0.1) is 11.2 Å². The number of aromatic amines is 1. The summed E-state index contributed by atoms with van der Waals surface area (Å²) in [7, 11) is 0. The predicted octanol–water partition coefficient (Wildman–Crippen LogP) is 5.09. The number of imidazole rings is 1. The summed E-state index contributed by atoms with van der Waals surface area (Å²) in [5.41, 5.74) is 2.30. The highest BCUT2D eigenvalue weighted by Crippen LogP contribution is 2.46. The highest BCUT2D eigenvalue weighted by molar-refractivity contribution is 5.71. The lowest BCUT2D eigenvalue weighted by atomic mass is 9.87. The van der Waals surface area contributed by atoms with Crippen LogP contribution in [0.1, 0.15) is 73.6 Å². The molecule has 218 valence electrons. The van der Waals surface area contributed by atoms with Crippen LogP contribution in [0.15, 0.2) is 59.7 Å². The van der Waals surface area contributed by atoms with E-state index in [0.717, 1.165) is 11.6 Å². The van der Waals surface area contributed by atoms with Crippen molar-refractivity contribution < 1.29 is 27.8 Å². The molecule has 0 spiro atoms. The number of rotatable bonds is 4. The molecular formula is C30H29F2N5O5. The van der Waals surface area contributed by atoms with Gasteiger partial charge in [-0.1, -0.05) is 6.07 Å². The fourth-order valence-corrected chi connectivity index (χ4v) is 6.17. The molecule has 42 heavy (non-hydrogen) atoms. The molecule has 1 fully saturated rings.